The Balaban J connectivity index is 2.22. The number of aliphatic hydroxyl groups excluding tert-OH is 2. The van der Waals surface area contributed by atoms with Crippen molar-refractivity contribution >= 4 is 59.1 Å². The third-order valence-electron chi connectivity index (χ3n) is 11.3. The lowest BCUT2D eigenvalue weighted by molar-refractivity contribution is -0.143. The molecule has 9 amide bonds. The molecule has 380 valence electrons. The van der Waals surface area contributed by atoms with E-state index in [1.165, 1.54) is 49.9 Å². The van der Waals surface area contributed by atoms with Crippen molar-refractivity contribution in [2.45, 2.75) is 134 Å². The van der Waals surface area contributed by atoms with Crippen LogP contribution in [0.3, 0.4) is 0 Å². The molecule has 0 aromatic heterocycles. The highest BCUT2D eigenvalue weighted by Crippen LogP contribution is 2.19. The van der Waals surface area contributed by atoms with Crippen molar-refractivity contribution in [2.75, 3.05) is 32.8 Å². The summed E-state index contributed by atoms with van der Waals surface area (Å²) in [4.78, 5) is 132. The zero-order valence-electron chi connectivity index (χ0n) is 39.0. The molecule has 0 unspecified atom stereocenters. The number of rotatable bonds is 28. The van der Waals surface area contributed by atoms with Crippen molar-refractivity contribution < 1.29 is 68.4 Å². The maximum Gasteiger partial charge on any atom is 0.328 e. The molecule has 0 radical (unpaired) electrons. The van der Waals surface area contributed by atoms with Crippen molar-refractivity contribution in [3.8, 4) is 5.75 Å². The number of amides is 9. The van der Waals surface area contributed by atoms with Gasteiger partial charge in [-0.3, -0.25) is 43.2 Å². The van der Waals surface area contributed by atoms with Crippen LogP contribution in [-0.4, -0.2) is 172 Å². The van der Waals surface area contributed by atoms with Crippen LogP contribution in [0.1, 0.15) is 78.7 Å². The van der Waals surface area contributed by atoms with Crippen molar-refractivity contribution in [1.82, 2.24) is 47.4 Å². The monoisotopic (exact) mass is 964 g/mol. The molecule has 2 rings (SSSR count). The fraction of sp³-hybridized carbons (Fsp3) is 0.628. The second-order valence-electron chi connectivity index (χ2n) is 16.6. The van der Waals surface area contributed by atoms with E-state index < -0.39 is 133 Å². The highest BCUT2D eigenvalue weighted by Gasteiger charge is 2.38. The number of hydrogen-bond donors (Lipinski definition) is 14. The molecule has 1 heterocycles. The van der Waals surface area contributed by atoms with Gasteiger partial charge >= 0.3 is 5.97 Å². The number of carbonyl (C=O) groups excluding carboxylic acids is 9. The van der Waals surface area contributed by atoms with Crippen LogP contribution in [0.4, 0.5) is 0 Å². The number of hydrogen-bond acceptors (Lipinski definition) is 15. The van der Waals surface area contributed by atoms with Crippen LogP contribution < -0.4 is 54.0 Å². The molecule has 25 nitrogen and oxygen atoms in total. The van der Waals surface area contributed by atoms with E-state index in [0.717, 1.165) is 0 Å². The van der Waals surface area contributed by atoms with Gasteiger partial charge in [-0.2, -0.15) is 0 Å². The summed E-state index contributed by atoms with van der Waals surface area (Å²) in [5.41, 5.74) is 11.3. The quantitative estimate of drug-likeness (QED) is 0.0350. The topological polar surface area (TPSA) is 403 Å². The third kappa shape index (κ3) is 18.0. The highest BCUT2D eigenvalue weighted by molar-refractivity contribution is 5.98. The number of benzene rings is 1. The molecule has 16 N–H and O–H groups in total. The minimum Gasteiger partial charge on any atom is -0.508 e. The van der Waals surface area contributed by atoms with Crippen molar-refractivity contribution in [2.24, 2.45) is 17.4 Å². The summed E-state index contributed by atoms with van der Waals surface area (Å²) in [6, 6.07) is -6.26. The average Bonchev–Trinajstić information content (AvgIpc) is 3.81. The van der Waals surface area contributed by atoms with Gasteiger partial charge in [-0.1, -0.05) is 32.4 Å². The molecule has 1 saturated heterocycles. The molecule has 1 aliphatic rings. The summed E-state index contributed by atoms with van der Waals surface area (Å²) in [6.45, 7) is 5.70. The molecular formula is C43H69N11O14. The van der Waals surface area contributed by atoms with Gasteiger partial charge in [-0.05, 0) is 83.0 Å². The van der Waals surface area contributed by atoms with Gasteiger partial charge in [0.05, 0.1) is 19.8 Å². The van der Waals surface area contributed by atoms with Gasteiger partial charge in [0.1, 0.15) is 60.1 Å². The molecule has 0 bridgehead atoms. The number of carboxylic acids is 1. The Morgan fingerprint density at radius 3 is 1.76 bits per heavy atom. The van der Waals surface area contributed by atoms with Gasteiger partial charge in [-0.25, -0.2) is 4.79 Å². The first-order chi connectivity index (χ1) is 32.1. The Kier molecular flexibility index (Phi) is 24.3. The lowest BCUT2D eigenvalue weighted by Crippen LogP contribution is -2.61. The van der Waals surface area contributed by atoms with Crippen molar-refractivity contribution in [3.63, 3.8) is 0 Å². The van der Waals surface area contributed by atoms with E-state index in [9.17, 15) is 68.4 Å². The van der Waals surface area contributed by atoms with Crippen LogP contribution in [0.15, 0.2) is 24.3 Å². The standard InChI is InChI=1S/C43H69N11O14/c1-6-22(2)34(41(65)48-24(4)35(59)49-28(10-7-8-16-44)37(61)52-31(21-56)43(67)68)53-39(63)30(20-55)51-38(62)29(18-26-12-14-27(57)15-13-26)50-36(60)23(3)47-40(64)32-11-9-17-54(32)42(66)25(5)46-33(58)19-45/h12-15,22-25,28-32,34,55-57H,6-11,16-21,44-45H2,1-5H3,(H,46,58)(H,47,64)(H,48,65)(H,49,59)(H,50,60)(H,51,62)(H,52,61)(H,53,63)(H,67,68)/t22-,23-,24-,25-,28-,29-,30-,31-,32-,34-/m0/s1. The van der Waals surface area contributed by atoms with Crippen LogP contribution in [0.5, 0.6) is 5.75 Å². The third-order valence-corrected chi connectivity index (χ3v) is 11.3. The minimum absolute atomic E-state index is 0.0459. The summed E-state index contributed by atoms with van der Waals surface area (Å²) >= 11 is 0. The smallest absolute Gasteiger partial charge is 0.328 e. The van der Waals surface area contributed by atoms with E-state index in [4.69, 9.17) is 11.5 Å². The first-order valence-electron chi connectivity index (χ1n) is 22.5. The van der Waals surface area contributed by atoms with Gasteiger partial charge in [0.2, 0.25) is 53.2 Å². The number of nitrogens with one attached hydrogen (secondary N) is 8. The van der Waals surface area contributed by atoms with E-state index in [2.05, 4.69) is 42.5 Å². The Labute approximate surface area is 394 Å². The predicted molar refractivity (Wildman–Crippen MR) is 242 cm³/mol. The molecule has 1 aliphatic heterocycles. The number of phenols is 1. The summed E-state index contributed by atoms with van der Waals surface area (Å²) in [5, 5.41) is 58.3. The fourth-order valence-corrected chi connectivity index (χ4v) is 6.97. The van der Waals surface area contributed by atoms with E-state index in [0.29, 0.717) is 31.2 Å². The van der Waals surface area contributed by atoms with E-state index in [1.54, 1.807) is 13.8 Å². The number of carbonyl (C=O) groups is 10. The van der Waals surface area contributed by atoms with Gasteiger partial charge < -0.3 is 79.3 Å². The lowest BCUT2D eigenvalue weighted by Gasteiger charge is -2.29. The summed E-state index contributed by atoms with van der Waals surface area (Å²) in [7, 11) is 0. The average molecular weight is 964 g/mol. The second-order valence-corrected chi connectivity index (χ2v) is 16.6. The normalized spacial score (nSPS) is 17.2. The number of carboxylic acid groups (broad SMARTS) is 1. The maximum atomic E-state index is 13.9. The Bertz CT molecular complexity index is 1920. The van der Waals surface area contributed by atoms with E-state index >= 15 is 0 Å². The van der Waals surface area contributed by atoms with Gasteiger partial charge in [0, 0.05) is 13.0 Å². The molecule has 1 fully saturated rings. The number of unbranched alkanes of at least 4 members (excludes halogenated alkanes) is 1. The number of aromatic hydroxyl groups is 1. The van der Waals surface area contributed by atoms with Gasteiger partial charge in [0.25, 0.3) is 0 Å². The molecule has 0 aliphatic carbocycles. The fourth-order valence-electron chi connectivity index (χ4n) is 6.97. The molecule has 0 spiro atoms. The van der Waals surface area contributed by atoms with Gasteiger partial charge in [-0.15, -0.1) is 0 Å². The summed E-state index contributed by atoms with van der Waals surface area (Å²) in [5.74, 6) is -9.34. The number of phenolic OH excluding ortho intramolecular Hbond substituents is 1. The van der Waals surface area contributed by atoms with Crippen LogP contribution in [-0.2, 0) is 54.4 Å². The first-order valence-corrected chi connectivity index (χ1v) is 22.5. The first kappa shape index (κ1) is 57.7. The molecular weight excluding hydrogens is 895 g/mol. The lowest BCUT2D eigenvalue weighted by atomic mass is 9.97. The minimum atomic E-state index is -1.69. The molecule has 10 atom stereocenters. The Hall–Kier alpha value is -6.44. The number of aliphatic hydroxyl groups is 2. The molecule has 1 aromatic rings. The largest absolute Gasteiger partial charge is 0.508 e. The van der Waals surface area contributed by atoms with Crippen LogP contribution in [0.2, 0.25) is 0 Å². The predicted octanol–water partition coefficient (Wildman–Crippen LogP) is -4.93. The zero-order valence-corrected chi connectivity index (χ0v) is 39.0. The van der Waals surface area contributed by atoms with Crippen LogP contribution in [0, 0.1) is 5.92 Å². The number of nitrogens with two attached hydrogens (primary N) is 2. The van der Waals surface area contributed by atoms with E-state index in [-0.39, 0.29) is 44.6 Å². The van der Waals surface area contributed by atoms with Crippen molar-refractivity contribution in [1.29, 1.82) is 0 Å². The van der Waals surface area contributed by atoms with Crippen LogP contribution in [0.25, 0.3) is 0 Å². The molecule has 68 heavy (non-hydrogen) atoms. The maximum absolute atomic E-state index is 13.9. The Morgan fingerprint density at radius 1 is 0.662 bits per heavy atom. The highest BCUT2D eigenvalue weighted by atomic mass is 16.4. The second kappa shape index (κ2) is 28.7. The summed E-state index contributed by atoms with van der Waals surface area (Å²) in [6.07, 6.45) is 1.75. The molecule has 0 saturated carbocycles. The van der Waals surface area contributed by atoms with E-state index in [1.807, 2.05) is 0 Å². The van der Waals surface area contributed by atoms with Crippen LogP contribution >= 0.6 is 0 Å². The number of aliphatic carboxylic acids is 1. The number of likely N-dealkylation sites (tertiary alicyclic amines) is 1. The zero-order chi connectivity index (χ0) is 51.2. The Morgan fingerprint density at radius 2 is 1.21 bits per heavy atom. The number of nitrogens with zero attached hydrogens (tertiary/aromatic N) is 1. The molecule has 25 heteroatoms. The summed E-state index contributed by atoms with van der Waals surface area (Å²) < 4.78 is 0. The van der Waals surface area contributed by atoms with Crippen molar-refractivity contribution in [3.05, 3.63) is 29.8 Å². The molecule has 1 aromatic carbocycles. The SMILES string of the molecule is CC[C@H](C)[C@H](NC(=O)[C@H](CO)NC(=O)[C@H](Cc1ccc(O)cc1)NC(=O)[C@H](C)NC(=O)[C@@H]1CCCN1C(=O)[C@H](C)NC(=O)CN)C(=O)N[C@@H](C)C(=O)N[C@@H](CCCCN)C(=O)N[C@@H](CO)C(=O)O. The van der Waals surface area contributed by atoms with Gasteiger partial charge in [0.15, 0.2) is 0 Å².